The monoisotopic (exact) mass is 174 g/mol. The molecular formula is C7H11ClN2O. The number of halogens is 1. The lowest BCUT2D eigenvalue weighted by Gasteiger charge is -1.98. The van der Waals surface area contributed by atoms with E-state index in [1.54, 1.807) is 13.2 Å². The van der Waals surface area contributed by atoms with E-state index in [0.29, 0.717) is 5.02 Å². The molecule has 4 heteroatoms. The fourth-order valence-corrected chi connectivity index (χ4v) is 0.823. The van der Waals surface area contributed by atoms with Crippen LogP contribution >= 0.6 is 11.6 Å². The average molecular weight is 175 g/mol. The van der Waals surface area contributed by atoms with Crippen molar-refractivity contribution in [1.29, 1.82) is 0 Å². The first kappa shape index (κ1) is 10.2. The Morgan fingerprint density at radius 2 is 1.82 bits per heavy atom. The van der Waals surface area contributed by atoms with Gasteiger partial charge < -0.3 is 4.74 Å². The van der Waals surface area contributed by atoms with Gasteiger partial charge in [0.2, 0.25) is 0 Å². The van der Waals surface area contributed by atoms with Crippen LogP contribution < -0.4 is 16.4 Å². The van der Waals surface area contributed by atoms with E-state index in [1.165, 1.54) is 0 Å². The predicted molar refractivity (Wildman–Crippen MR) is 46.4 cm³/mol. The minimum Gasteiger partial charge on any atom is -0.495 e. The van der Waals surface area contributed by atoms with Gasteiger partial charge in [-0.2, -0.15) is 0 Å². The van der Waals surface area contributed by atoms with Crippen LogP contribution in [-0.4, -0.2) is 7.11 Å². The van der Waals surface area contributed by atoms with Gasteiger partial charge in [0.15, 0.2) is 0 Å². The number of nitrogens with two attached hydrogens (primary N) is 2. The molecule has 0 spiro atoms. The number of hydrazine groups is 1. The molecule has 0 bridgehead atoms. The Labute approximate surface area is 70.9 Å². The van der Waals surface area contributed by atoms with E-state index in [-0.39, 0.29) is 0 Å². The van der Waals surface area contributed by atoms with E-state index in [2.05, 4.69) is 11.7 Å². The van der Waals surface area contributed by atoms with Crippen LogP contribution in [-0.2, 0) is 0 Å². The van der Waals surface area contributed by atoms with Crippen LogP contribution in [0, 0.1) is 0 Å². The van der Waals surface area contributed by atoms with Gasteiger partial charge in [-0.1, -0.05) is 23.7 Å². The Hall–Kier alpha value is -0.770. The van der Waals surface area contributed by atoms with Crippen molar-refractivity contribution in [1.82, 2.24) is 0 Å². The zero-order chi connectivity index (χ0) is 8.69. The van der Waals surface area contributed by atoms with Crippen LogP contribution in [0.2, 0.25) is 5.02 Å². The summed E-state index contributed by atoms with van der Waals surface area (Å²) in [5.41, 5.74) is 0. The van der Waals surface area contributed by atoms with Crippen LogP contribution in [0.4, 0.5) is 0 Å². The van der Waals surface area contributed by atoms with Crippen molar-refractivity contribution in [3.8, 4) is 5.75 Å². The van der Waals surface area contributed by atoms with Crippen molar-refractivity contribution in [2.75, 3.05) is 7.11 Å². The molecule has 0 heterocycles. The third-order valence-electron chi connectivity index (χ3n) is 1.06. The fourth-order valence-electron chi connectivity index (χ4n) is 0.610. The molecule has 0 atom stereocenters. The Morgan fingerprint density at radius 1 is 1.27 bits per heavy atom. The van der Waals surface area contributed by atoms with Crippen molar-refractivity contribution in [3.63, 3.8) is 0 Å². The number of para-hydroxylation sites is 1. The number of hydrogen-bond acceptors (Lipinski definition) is 3. The zero-order valence-electron chi connectivity index (χ0n) is 6.25. The van der Waals surface area contributed by atoms with Gasteiger partial charge in [0.05, 0.1) is 12.1 Å². The van der Waals surface area contributed by atoms with Gasteiger partial charge >= 0.3 is 0 Å². The quantitative estimate of drug-likeness (QED) is 0.496. The highest BCUT2D eigenvalue weighted by Crippen LogP contribution is 2.21. The summed E-state index contributed by atoms with van der Waals surface area (Å²) in [5.74, 6) is 8.72. The van der Waals surface area contributed by atoms with E-state index in [9.17, 15) is 0 Å². The lowest BCUT2D eigenvalue weighted by molar-refractivity contribution is 0.415. The molecule has 0 aliphatic rings. The van der Waals surface area contributed by atoms with Gasteiger partial charge in [0, 0.05) is 0 Å². The van der Waals surface area contributed by atoms with E-state index >= 15 is 0 Å². The lowest BCUT2D eigenvalue weighted by Crippen LogP contribution is -2.02. The second-order valence-corrected chi connectivity index (χ2v) is 2.04. The molecule has 0 saturated carbocycles. The Bertz CT molecular complexity index is 205. The minimum atomic E-state index is 0.653. The van der Waals surface area contributed by atoms with Crippen molar-refractivity contribution >= 4 is 11.6 Å². The first-order chi connectivity index (χ1) is 5.34. The molecular weight excluding hydrogens is 164 g/mol. The van der Waals surface area contributed by atoms with E-state index in [0.717, 1.165) is 5.75 Å². The Morgan fingerprint density at radius 3 is 2.18 bits per heavy atom. The van der Waals surface area contributed by atoms with Crippen LogP contribution in [0.3, 0.4) is 0 Å². The molecule has 3 nitrogen and oxygen atoms in total. The van der Waals surface area contributed by atoms with Crippen molar-refractivity contribution < 1.29 is 4.74 Å². The van der Waals surface area contributed by atoms with Gasteiger partial charge in [-0.15, -0.1) is 0 Å². The molecule has 1 aromatic rings. The zero-order valence-corrected chi connectivity index (χ0v) is 7.01. The second-order valence-electron chi connectivity index (χ2n) is 1.63. The largest absolute Gasteiger partial charge is 0.495 e. The van der Waals surface area contributed by atoms with Gasteiger partial charge in [0.25, 0.3) is 0 Å². The number of ether oxygens (including phenoxy) is 1. The van der Waals surface area contributed by atoms with Crippen LogP contribution in [0.25, 0.3) is 0 Å². The number of rotatable bonds is 1. The first-order valence-corrected chi connectivity index (χ1v) is 3.34. The Balaban J connectivity index is 0.000000461. The van der Waals surface area contributed by atoms with E-state index in [4.69, 9.17) is 16.3 Å². The molecule has 0 saturated heterocycles. The van der Waals surface area contributed by atoms with Gasteiger partial charge in [-0.3, -0.25) is 11.7 Å². The lowest BCUT2D eigenvalue weighted by atomic mass is 10.3. The molecule has 0 aromatic heterocycles. The SMILES string of the molecule is COc1ccccc1Cl.NN. The maximum Gasteiger partial charge on any atom is 0.137 e. The summed E-state index contributed by atoms with van der Waals surface area (Å²) >= 11 is 5.70. The third kappa shape index (κ3) is 3.23. The maximum atomic E-state index is 5.70. The number of hydrogen-bond donors (Lipinski definition) is 2. The van der Waals surface area contributed by atoms with Crippen molar-refractivity contribution in [3.05, 3.63) is 29.3 Å². The summed E-state index contributed by atoms with van der Waals surface area (Å²) in [4.78, 5) is 0. The second kappa shape index (κ2) is 5.97. The molecule has 0 aliphatic carbocycles. The van der Waals surface area contributed by atoms with Gasteiger partial charge in [0.1, 0.15) is 5.75 Å². The highest BCUT2D eigenvalue weighted by molar-refractivity contribution is 6.32. The van der Waals surface area contributed by atoms with Crippen LogP contribution in [0.15, 0.2) is 24.3 Å². The summed E-state index contributed by atoms with van der Waals surface area (Å²) in [6, 6.07) is 7.36. The van der Waals surface area contributed by atoms with Crippen LogP contribution in [0.5, 0.6) is 5.75 Å². The van der Waals surface area contributed by atoms with Crippen LogP contribution in [0.1, 0.15) is 0 Å². The molecule has 0 aliphatic heterocycles. The summed E-state index contributed by atoms with van der Waals surface area (Å²) in [5, 5.41) is 0.653. The first-order valence-electron chi connectivity index (χ1n) is 2.96. The highest BCUT2D eigenvalue weighted by Gasteiger charge is 1.93. The molecule has 0 amide bonds. The summed E-state index contributed by atoms with van der Waals surface area (Å²) in [6.45, 7) is 0. The summed E-state index contributed by atoms with van der Waals surface area (Å²) < 4.78 is 4.91. The van der Waals surface area contributed by atoms with Crippen molar-refractivity contribution in [2.24, 2.45) is 11.7 Å². The van der Waals surface area contributed by atoms with Gasteiger partial charge in [-0.05, 0) is 12.1 Å². The molecule has 62 valence electrons. The topological polar surface area (TPSA) is 61.3 Å². The fraction of sp³-hybridized carbons (Fsp3) is 0.143. The Kier molecular flexibility index (Phi) is 5.56. The maximum absolute atomic E-state index is 5.70. The normalized spacial score (nSPS) is 8.00. The minimum absolute atomic E-state index is 0.653. The number of methoxy groups -OCH3 is 1. The molecule has 1 aromatic carbocycles. The molecule has 0 radical (unpaired) electrons. The highest BCUT2D eigenvalue weighted by atomic mass is 35.5. The van der Waals surface area contributed by atoms with Crippen molar-refractivity contribution in [2.45, 2.75) is 0 Å². The smallest absolute Gasteiger partial charge is 0.137 e. The molecule has 4 N–H and O–H groups in total. The van der Waals surface area contributed by atoms with E-state index in [1.807, 2.05) is 18.2 Å². The molecule has 0 fully saturated rings. The predicted octanol–water partition coefficient (Wildman–Crippen LogP) is 1.17. The third-order valence-corrected chi connectivity index (χ3v) is 1.37. The van der Waals surface area contributed by atoms with E-state index < -0.39 is 0 Å². The molecule has 0 unspecified atom stereocenters. The summed E-state index contributed by atoms with van der Waals surface area (Å²) in [7, 11) is 1.60. The molecule has 1 rings (SSSR count). The number of benzene rings is 1. The standard InChI is InChI=1S/C7H7ClO.H4N2/c1-9-7-5-3-2-4-6(7)8;1-2/h2-5H,1H3;1-2H2. The average Bonchev–Trinajstić information content (AvgIpc) is 2.09. The molecule has 11 heavy (non-hydrogen) atoms. The van der Waals surface area contributed by atoms with Gasteiger partial charge in [-0.25, -0.2) is 0 Å². The summed E-state index contributed by atoms with van der Waals surface area (Å²) in [6.07, 6.45) is 0.